The molecule has 0 aliphatic heterocycles. The number of nitrogens with two attached hydrogens (primary N) is 1. The summed E-state index contributed by atoms with van der Waals surface area (Å²) in [7, 11) is 10.4. The Morgan fingerprint density at radius 1 is 0.500 bits per heavy atom. The summed E-state index contributed by atoms with van der Waals surface area (Å²) < 4.78 is 33.2. The predicted molar refractivity (Wildman–Crippen MR) is 407 cm³/mol. The standard InChI is InChI=1S/2C13H23N3O3.C10H18O5.C8H15N3O.C8H11N3O.C7H11BrN2O.CH4O.5CH4.CH3.B.3ClH.Na.Ni.H/c2*1-12(2,3)19-11(17)14-6-10-7-15-16(8-10)9-13(4,5)18;1-9(2,3)14-7(11)13-8(12)15-10(4,5)6;2*1-8(2,12)6-11-5-7(3-9)4-10-11;1-7(2,11)5-10-4-6(8)3-9-10;1-2;;;;;;;;;;;;;/h2*7-8,18H,6,9H2,1-5H3,(H,14,17);1-6H3;4-5,12H,3,6,9H2,1-2H3;4-5,12H,6H2,1-2H3;3-4,11H,5H2,1-2H3;2H,1H3;5*1H4;1H3;;3*1H;;;/q;;;;;;;;;;;;-1;;;;;+1;+3;-1/p-2. The van der Waals surface area contributed by atoms with E-state index in [0.29, 0.717) is 70.6 Å². The smallest absolute Gasteiger partial charge is 1.00 e. The van der Waals surface area contributed by atoms with Crippen molar-refractivity contribution >= 4 is 81.6 Å². The van der Waals surface area contributed by atoms with E-state index in [0.717, 1.165) is 28.3 Å². The normalized spacial score (nSPS) is 10.6. The van der Waals surface area contributed by atoms with Crippen molar-refractivity contribution in [3.8, 4) is 6.07 Å². The number of hydrogen-bond acceptors (Lipinski definition) is 22. The largest absolute Gasteiger partial charge is 1.00 e. The van der Waals surface area contributed by atoms with Crippen molar-refractivity contribution in [2.75, 3.05) is 7.11 Å². The number of nitrogens with one attached hydrogen (secondary N) is 2. The van der Waals surface area contributed by atoms with Crippen molar-refractivity contribution in [3.05, 3.63) is 96.1 Å². The van der Waals surface area contributed by atoms with Crippen LogP contribution < -0.4 is 45.9 Å². The zero-order valence-electron chi connectivity index (χ0n) is 62.2. The van der Waals surface area contributed by atoms with Crippen LogP contribution in [-0.2, 0) is 88.7 Å². The van der Waals surface area contributed by atoms with Crippen LogP contribution in [-0.4, -0.2) is 170 Å². The van der Waals surface area contributed by atoms with Crippen LogP contribution >= 0.6 is 48.7 Å². The van der Waals surface area contributed by atoms with Gasteiger partial charge in [0.05, 0.1) is 102 Å². The number of ether oxygens (including phenoxy) is 5. The number of nitriles is 1. The monoisotopic (exact) mass is 1630 g/mol. The molecule has 10 N–H and O–H groups in total. The number of hydrogen-bond donors (Lipinski definition) is 9. The van der Waals surface area contributed by atoms with E-state index in [1.54, 1.807) is 178 Å². The van der Waals surface area contributed by atoms with Gasteiger partial charge >= 0.3 is 87.1 Å². The second-order valence-corrected chi connectivity index (χ2v) is 30.1. The average Bonchev–Trinajstić information content (AvgIpc) is 1.80. The van der Waals surface area contributed by atoms with Crippen LogP contribution in [0.3, 0.4) is 0 Å². The molecule has 0 aromatic carbocycles. The van der Waals surface area contributed by atoms with Gasteiger partial charge in [-0.2, -0.15) is 30.8 Å². The third-order valence-corrected chi connectivity index (χ3v) is 9.43. The minimum atomic E-state index is -1.06. The maximum absolute atomic E-state index is 11.5. The molecule has 0 aliphatic rings. The number of aromatic nitrogens is 10. The molecule has 0 saturated carbocycles. The van der Waals surface area contributed by atoms with Gasteiger partial charge in [-0.05, 0) is 168 Å². The van der Waals surface area contributed by atoms with Crippen molar-refractivity contribution in [2.45, 2.75) is 292 Å². The van der Waals surface area contributed by atoms with E-state index < -0.39 is 74.9 Å². The molecule has 5 heterocycles. The van der Waals surface area contributed by atoms with E-state index in [9.17, 15) is 44.7 Å². The third kappa shape index (κ3) is 79.6. The molecule has 36 heteroatoms. The number of halogens is 4. The minimum Gasteiger partial charge on any atom is -1.00 e. The molecule has 0 unspecified atom stereocenters. The van der Waals surface area contributed by atoms with Crippen LogP contribution in [0.25, 0.3) is 0 Å². The Bertz CT molecular complexity index is 2860. The molecule has 5 rings (SSSR count). The van der Waals surface area contributed by atoms with Crippen LogP contribution in [0.2, 0.25) is 0 Å². The fourth-order valence-corrected chi connectivity index (χ4v) is 6.60. The summed E-state index contributed by atoms with van der Waals surface area (Å²) in [6.07, 6.45) is 14.0. The molecule has 0 aliphatic carbocycles. The van der Waals surface area contributed by atoms with Gasteiger partial charge in [0, 0.05) is 82.8 Å². The summed E-state index contributed by atoms with van der Waals surface area (Å²) in [6, 6.07) is 1.97. The zero-order chi connectivity index (χ0) is 73.2. The molecular weight excluding hydrogens is 1510 g/mol. The van der Waals surface area contributed by atoms with Crippen LogP contribution in [0.1, 0.15) is 213 Å². The van der Waals surface area contributed by atoms with Gasteiger partial charge in [-0.1, -0.05) is 37.1 Å². The van der Waals surface area contributed by atoms with Crippen molar-refractivity contribution in [2.24, 2.45) is 5.73 Å². The van der Waals surface area contributed by atoms with Crippen LogP contribution in [0.5, 0.6) is 0 Å². The summed E-state index contributed by atoms with van der Waals surface area (Å²) in [4.78, 5) is 45.0. The van der Waals surface area contributed by atoms with Crippen molar-refractivity contribution in [1.29, 1.82) is 5.26 Å². The van der Waals surface area contributed by atoms with E-state index in [2.05, 4.69) is 56.8 Å². The van der Waals surface area contributed by atoms with Gasteiger partial charge in [-0.25, -0.2) is 19.2 Å². The molecule has 5 aromatic rings. The predicted octanol–water partition coefficient (Wildman–Crippen LogP) is 10.1. The topological polar surface area (TPSA) is 399 Å². The number of rotatable bonds is 15. The van der Waals surface area contributed by atoms with Crippen molar-refractivity contribution in [3.63, 3.8) is 0 Å². The van der Waals surface area contributed by atoms with Crippen LogP contribution in [0.15, 0.2) is 66.4 Å². The van der Waals surface area contributed by atoms with Crippen LogP contribution in [0, 0.1) is 18.8 Å². The molecular formula is C66H130BBrCl3N14NaNiO15. The third-order valence-electron chi connectivity index (χ3n) is 9.02. The first-order valence-electron chi connectivity index (χ1n) is 28.8. The summed E-state index contributed by atoms with van der Waals surface area (Å²) in [6.45, 7) is 41.5. The first kappa shape index (κ1) is 124. The molecule has 2 amide bonds. The number of carbonyl (C=O) groups excluding carboxylic acids is 4. The molecule has 0 spiro atoms. The van der Waals surface area contributed by atoms with Gasteiger partial charge in [-0.15, -0.1) is 12.4 Å². The molecule has 0 atom stereocenters. The van der Waals surface area contributed by atoms with Crippen molar-refractivity contribution < 1.29 is 117 Å². The van der Waals surface area contributed by atoms with Gasteiger partial charge in [0.15, 0.2) is 0 Å². The van der Waals surface area contributed by atoms with Crippen LogP contribution in [0.4, 0.5) is 19.2 Å². The van der Waals surface area contributed by atoms with E-state index >= 15 is 0 Å². The Balaban J connectivity index is -0.0000000838. The summed E-state index contributed by atoms with van der Waals surface area (Å²) in [5, 5.41) is 88.6. The number of nitrogens with zero attached hydrogens (tertiary/aromatic N) is 11. The summed E-state index contributed by atoms with van der Waals surface area (Å²) in [5.41, 5.74) is 2.37. The molecule has 0 fully saturated rings. The van der Waals surface area contributed by atoms with E-state index in [1.165, 1.54) is 6.20 Å². The van der Waals surface area contributed by atoms with Gasteiger partial charge in [-0.3, -0.25) is 23.4 Å². The Morgan fingerprint density at radius 2 is 0.735 bits per heavy atom. The molecule has 102 heavy (non-hydrogen) atoms. The number of carbonyl (C=O) groups is 4. The molecule has 596 valence electrons. The van der Waals surface area contributed by atoms with Gasteiger partial charge in [0.25, 0.3) is 0 Å². The fourth-order valence-electron chi connectivity index (χ4n) is 6.27. The van der Waals surface area contributed by atoms with E-state index in [1.807, 2.05) is 60.0 Å². The molecule has 0 saturated heterocycles. The number of amides is 2. The molecule has 0 bridgehead atoms. The SMILES string of the molecule is C.C.C.C.C.CC(C)(C)OC(=O)OC(=O)OC(C)(C)C.CC(C)(O)Cn1cc(Br)cn1.CC(C)(O)Cn1cc(C#N)cn1.CC(C)(O)Cn1cc(CN)cn1.CC(C)(O)Cn1cc(CNC(=O)OC(C)(C)C)cn1.CC(C)(O)Cn1cc(CNC(=O)OC(C)(C)C)cn1.CO.Cl.[B].[CH3-].[Cl][Ni+][Cl].[H-].[Na+]. The number of aliphatic hydroxyl groups excluding tert-OH is 1. The fraction of sp³-hybridized carbons (Fsp3) is 0.682. The van der Waals surface area contributed by atoms with E-state index in [4.69, 9.17) is 55.4 Å². The molecule has 29 nitrogen and oxygen atoms in total. The second kappa shape index (κ2) is 57.7. The maximum Gasteiger partial charge on any atom is 1.00 e. The Hall–Kier alpha value is -4.55. The summed E-state index contributed by atoms with van der Waals surface area (Å²) >= 11 is 3.84. The van der Waals surface area contributed by atoms with Gasteiger partial charge in [0.2, 0.25) is 0 Å². The summed E-state index contributed by atoms with van der Waals surface area (Å²) in [5.74, 6) is 0. The maximum atomic E-state index is 11.5. The Kier molecular flexibility index (Phi) is 70.2. The van der Waals surface area contributed by atoms with Crippen molar-refractivity contribution in [1.82, 2.24) is 59.5 Å². The quantitative estimate of drug-likeness (QED) is 0.0155. The first-order valence-corrected chi connectivity index (χ1v) is 32.3. The zero-order valence-corrected chi connectivity index (χ0v) is 68.1. The van der Waals surface area contributed by atoms with Gasteiger partial charge in [0.1, 0.15) is 28.5 Å². The second-order valence-electron chi connectivity index (χ2n) is 27.6. The molecule has 3 radical (unpaired) electrons. The number of aliphatic hydroxyl groups is 6. The Labute approximate surface area is 666 Å². The first-order chi connectivity index (χ1) is 42.0. The average molecular weight is 1640 g/mol. The van der Waals surface area contributed by atoms with E-state index in [-0.39, 0.29) is 96.4 Å². The van der Waals surface area contributed by atoms with Gasteiger partial charge < -0.3 is 79.5 Å². The number of alkyl carbamates (subject to hydrolysis) is 2. The Morgan fingerprint density at radius 3 is 0.951 bits per heavy atom. The molecule has 5 aromatic heterocycles. The minimum absolute atomic E-state index is 0.